The summed E-state index contributed by atoms with van der Waals surface area (Å²) >= 11 is 0. The van der Waals surface area contributed by atoms with Crippen LogP contribution in [0.1, 0.15) is 77.6 Å². The molecule has 7 heteroatoms. The van der Waals surface area contributed by atoms with Gasteiger partial charge in [-0.2, -0.15) is 0 Å². The minimum atomic E-state index is -4.29. The summed E-state index contributed by atoms with van der Waals surface area (Å²) in [6.07, 6.45) is 11.4. The van der Waals surface area contributed by atoms with Gasteiger partial charge in [0.15, 0.2) is 0 Å². The molecule has 0 heterocycles. The lowest BCUT2D eigenvalue weighted by Crippen LogP contribution is -2.06. The highest BCUT2D eigenvalue weighted by Gasteiger charge is 2.12. The fourth-order valence-corrected chi connectivity index (χ4v) is 2.74. The Balaban J connectivity index is 3.24. The molecule has 0 saturated heterocycles. The molecule has 0 aliphatic carbocycles. The van der Waals surface area contributed by atoms with Crippen LogP contribution in [0, 0.1) is 0 Å². The van der Waals surface area contributed by atoms with Gasteiger partial charge < -0.3 is 14.5 Å². The highest BCUT2D eigenvalue weighted by atomic mass is 31.2. The Bertz CT molecular complexity index is 391. The molecule has 2 N–H and O–H groups in total. The first-order valence-electron chi connectivity index (χ1n) is 8.91. The predicted molar refractivity (Wildman–Crippen MR) is 94.6 cm³/mol. The van der Waals surface area contributed by atoms with Gasteiger partial charge in [-0.15, -0.1) is 0 Å². The summed E-state index contributed by atoms with van der Waals surface area (Å²) in [5.74, 6) is -0.274. The lowest BCUT2D eigenvalue weighted by Gasteiger charge is -2.06. The van der Waals surface area contributed by atoms with Crippen LogP contribution in [0.15, 0.2) is 12.2 Å². The average Bonchev–Trinajstić information content (AvgIpc) is 2.50. The Labute approximate surface area is 145 Å². The summed E-state index contributed by atoms with van der Waals surface area (Å²) in [6.45, 7) is 6.07. The summed E-state index contributed by atoms with van der Waals surface area (Å²) in [7, 11) is -4.29. The van der Waals surface area contributed by atoms with Crippen molar-refractivity contribution in [3.8, 4) is 0 Å². The largest absolute Gasteiger partial charge is 0.469 e. The second-order valence-corrected chi connectivity index (χ2v) is 7.17. The number of phosphoric ester groups is 1. The van der Waals surface area contributed by atoms with Crippen LogP contribution >= 0.6 is 7.82 Å². The van der Waals surface area contributed by atoms with Gasteiger partial charge in [-0.25, -0.2) is 9.36 Å². The van der Waals surface area contributed by atoms with E-state index in [4.69, 9.17) is 14.5 Å². The molecule has 0 unspecified atom stereocenters. The topological polar surface area (TPSA) is 93.1 Å². The highest BCUT2D eigenvalue weighted by molar-refractivity contribution is 7.46. The number of ether oxygens (including phenoxy) is 1. The van der Waals surface area contributed by atoms with E-state index >= 15 is 0 Å². The number of hydrogen-bond acceptors (Lipinski definition) is 4. The van der Waals surface area contributed by atoms with E-state index in [0.717, 1.165) is 38.5 Å². The van der Waals surface area contributed by atoms with Gasteiger partial charge in [-0.05, 0) is 26.2 Å². The molecule has 0 atom stereocenters. The fraction of sp³-hybridized carbons (Fsp3) is 0.824. The zero-order valence-corrected chi connectivity index (χ0v) is 15.8. The van der Waals surface area contributed by atoms with Crippen LogP contribution in [-0.4, -0.2) is 29.0 Å². The third-order valence-electron chi connectivity index (χ3n) is 3.70. The molecule has 24 heavy (non-hydrogen) atoms. The van der Waals surface area contributed by atoms with Crippen LogP contribution < -0.4 is 0 Å². The zero-order chi connectivity index (χ0) is 18.3. The summed E-state index contributed by atoms with van der Waals surface area (Å²) in [4.78, 5) is 28.4. The van der Waals surface area contributed by atoms with E-state index in [2.05, 4.69) is 11.1 Å². The molecule has 0 aliphatic heterocycles. The van der Waals surface area contributed by atoms with Crippen molar-refractivity contribution in [3.63, 3.8) is 0 Å². The molecule has 0 fully saturated rings. The van der Waals surface area contributed by atoms with Gasteiger partial charge in [0.2, 0.25) is 0 Å². The van der Waals surface area contributed by atoms with Crippen LogP contribution in [-0.2, 0) is 18.6 Å². The second-order valence-electron chi connectivity index (χ2n) is 5.93. The van der Waals surface area contributed by atoms with Crippen molar-refractivity contribution >= 4 is 13.8 Å². The zero-order valence-electron chi connectivity index (χ0n) is 14.9. The molecule has 0 aromatic rings. The van der Waals surface area contributed by atoms with Crippen LogP contribution in [0.25, 0.3) is 0 Å². The van der Waals surface area contributed by atoms with Gasteiger partial charge in [0, 0.05) is 5.57 Å². The Hall–Kier alpha value is -0.680. The van der Waals surface area contributed by atoms with E-state index in [-0.39, 0.29) is 12.6 Å². The Morgan fingerprint density at radius 2 is 1.38 bits per heavy atom. The molecule has 0 bridgehead atoms. The Kier molecular flexibility index (Phi) is 14.2. The number of hydrogen-bond donors (Lipinski definition) is 2. The number of carbonyl (C=O) groups excluding carboxylic acids is 1. The SMILES string of the molecule is C=C(CCCCCCCCCCCCOP(=O)(O)O)C(=O)OCC. The van der Waals surface area contributed by atoms with Gasteiger partial charge >= 0.3 is 13.8 Å². The Morgan fingerprint density at radius 3 is 1.83 bits per heavy atom. The molecule has 0 aromatic heterocycles. The molecule has 0 spiro atoms. The molecular weight excluding hydrogens is 331 g/mol. The van der Waals surface area contributed by atoms with Gasteiger partial charge in [0.1, 0.15) is 0 Å². The average molecular weight is 364 g/mol. The predicted octanol–water partition coefficient (Wildman–Crippen LogP) is 4.51. The maximum absolute atomic E-state index is 11.4. The van der Waals surface area contributed by atoms with Crippen molar-refractivity contribution in [1.82, 2.24) is 0 Å². The first kappa shape index (κ1) is 23.3. The molecule has 0 saturated carbocycles. The van der Waals surface area contributed by atoms with Crippen LogP contribution in [0.3, 0.4) is 0 Å². The normalized spacial score (nSPS) is 11.5. The van der Waals surface area contributed by atoms with Crippen LogP contribution in [0.2, 0.25) is 0 Å². The van der Waals surface area contributed by atoms with Crippen molar-refractivity contribution in [3.05, 3.63) is 12.2 Å². The first-order chi connectivity index (χ1) is 11.4. The van der Waals surface area contributed by atoms with E-state index in [1.807, 2.05) is 0 Å². The third kappa shape index (κ3) is 16.2. The monoisotopic (exact) mass is 364 g/mol. The minimum absolute atomic E-state index is 0.126. The molecule has 142 valence electrons. The van der Waals surface area contributed by atoms with Crippen molar-refractivity contribution in [1.29, 1.82) is 0 Å². The molecular formula is C17H33O6P. The minimum Gasteiger partial charge on any atom is -0.463 e. The number of phosphoric acid groups is 1. The van der Waals surface area contributed by atoms with Gasteiger partial charge in [0.05, 0.1) is 13.2 Å². The van der Waals surface area contributed by atoms with E-state index < -0.39 is 7.82 Å². The van der Waals surface area contributed by atoms with Gasteiger partial charge in [-0.1, -0.05) is 57.9 Å². The molecule has 0 rings (SSSR count). The summed E-state index contributed by atoms with van der Waals surface area (Å²) in [6, 6.07) is 0. The number of unbranched alkanes of at least 4 members (excludes halogenated alkanes) is 9. The maximum Gasteiger partial charge on any atom is 0.469 e. The maximum atomic E-state index is 11.4. The summed E-state index contributed by atoms with van der Waals surface area (Å²) < 4.78 is 19.7. The van der Waals surface area contributed by atoms with Crippen LogP contribution in [0.5, 0.6) is 0 Å². The molecule has 0 radical (unpaired) electrons. The van der Waals surface area contributed by atoms with Gasteiger partial charge in [0.25, 0.3) is 0 Å². The standard InChI is InChI=1S/C17H33O6P/c1-3-22-17(18)16(2)14-12-10-8-6-4-5-7-9-11-13-15-23-24(19,20)21/h2-15H2,1H3,(H2,19,20,21). The molecule has 0 aliphatic rings. The summed E-state index contributed by atoms with van der Waals surface area (Å²) in [5, 5.41) is 0. The molecule has 0 aromatic carbocycles. The van der Waals surface area contributed by atoms with Crippen molar-refractivity contribution in [2.45, 2.75) is 77.6 Å². The van der Waals surface area contributed by atoms with E-state index in [1.54, 1.807) is 6.92 Å². The lowest BCUT2D eigenvalue weighted by molar-refractivity contribution is -0.138. The summed E-state index contributed by atoms with van der Waals surface area (Å²) in [5.41, 5.74) is 0.569. The second kappa shape index (κ2) is 14.6. The highest BCUT2D eigenvalue weighted by Crippen LogP contribution is 2.35. The quantitative estimate of drug-likeness (QED) is 0.181. The van der Waals surface area contributed by atoms with Crippen LogP contribution in [0.4, 0.5) is 0 Å². The van der Waals surface area contributed by atoms with E-state index in [1.165, 1.54) is 25.7 Å². The van der Waals surface area contributed by atoms with E-state index in [0.29, 0.717) is 18.6 Å². The van der Waals surface area contributed by atoms with Crippen molar-refractivity contribution in [2.24, 2.45) is 0 Å². The third-order valence-corrected chi connectivity index (χ3v) is 4.22. The van der Waals surface area contributed by atoms with E-state index in [9.17, 15) is 9.36 Å². The van der Waals surface area contributed by atoms with Crippen molar-refractivity contribution < 1.29 is 28.4 Å². The first-order valence-corrected chi connectivity index (χ1v) is 10.4. The number of rotatable bonds is 16. The fourth-order valence-electron chi connectivity index (χ4n) is 2.37. The van der Waals surface area contributed by atoms with Crippen molar-refractivity contribution in [2.75, 3.05) is 13.2 Å². The lowest BCUT2D eigenvalue weighted by atomic mass is 10.0. The number of esters is 1. The molecule has 6 nitrogen and oxygen atoms in total. The smallest absolute Gasteiger partial charge is 0.463 e. The number of carbonyl (C=O) groups is 1. The Morgan fingerprint density at radius 1 is 0.917 bits per heavy atom. The molecule has 0 amide bonds. The van der Waals surface area contributed by atoms with Gasteiger partial charge in [-0.3, -0.25) is 4.52 Å².